The molecule has 0 spiro atoms. The van der Waals surface area contributed by atoms with E-state index in [1.165, 1.54) is 0 Å². The minimum atomic E-state index is -0.0981. The first-order valence-corrected chi connectivity index (χ1v) is 5.23. The van der Waals surface area contributed by atoms with Gasteiger partial charge in [-0.05, 0) is 6.42 Å². The van der Waals surface area contributed by atoms with E-state index in [1.54, 1.807) is 0 Å². The van der Waals surface area contributed by atoms with Gasteiger partial charge in [0.1, 0.15) is 4.83 Å². The zero-order valence-electron chi connectivity index (χ0n) is 5.86. The van der Waals surface area contributed by atoms with E-state index in [9.17, 15) is 4.79 Å². The summed E-state index contributed by atoms with van der Waals surface area (Å²) < 4.78 is 0. The average Bonchev–Trinajstić information content (AvgIpc) is 1.98. The number of carbonyl (C=O) groups excluding carboxylic acids is 1. The second-order valence-electron chi connectivity index (χ2n) is 1.91. The lowest BCUT2D eigenvalue weighted by molar-refractivity contribution is -0.120. The summed E-state index contributed by atoms with van der Waals surface area (Å²) in [5.74, 6) is 0.0544. The monoisotopic (exact) mass is 271 g/mol. The number of hydrogen-bond donors (Lipinski definition) is 1. The topological polar surface area (TPSA) is 29.1 Å². The molecule has 0 aromatic heterocycles. The van der Waals surface area contributed by atoms with Gasteiger partial charge in [0.05, 0.1) is 0 Å². The highest BCUT2D eigenvalue weighted by Gasteiger charge is 2.10. The normalized spacial score (nSPS) is 12.7. The first-order valence-electron chi connectivity index (χ1n) is 3.20. The smallest absolute Gasteiger partial charge is 0.234 e. The second kappa shape index (κ2) is 6.16. The Bertz CT molecular complexity index is 108. The third-order valence-corrected chi connectivity index (χ3v) is 3.23. The molecule has 0 aliphatic heterocycles. The highest BCUT2D eigenvalue weighted by atomic mass is 79.9. The van der Waals surface area contributed by atoms with Crippen molar-refractivity contribution in [2.24, 2.45) is 0 Å². The third kappa shape index (κ3) is 4.28. The van der Waals surface area contributed by atoms with Crippen molar-refractivity contribution in [2.75, 3.05) is 11.9 Å². The highest BCUT2D eigenvalue weighted by Crippen LogP contribution is 2.02. The van der Waals surface area contributed by atoms with Gasteiger partial charge in [-0.1, -0.05) is 38.8 Å². The predicted molar refractivity (Wildman–Crippen MR) is 49.8 cm³/mol. The summed E-state index contributed by atoms with van der Waals surface area (Å²) in [6, 6.07) is 0. The molecule has 4 heteroatoms. The van der Waals surface area contributed by atoms with Crippen molar-refractivity contribution in [3.63, 3.8) is 0 Å². The molecule has 1 amide bonds. The summed E-state index contributed by atoms with van der Waals surface area (Å²) in [6.45, 7) is 2.78. The molecular formula is C6H11Br2NO. The van der Waals surface area contributed by atoms with E-state index >= 15 is 0 Å². The predicted octanol–water partition coefficient (Wildman–Crippen LogP) is 1.67. The summed E-state index contributed by atoms with van der Waals surface area (Å²) in [5, 5.41) is 3.42. The Hall–Kier alpha value is 0.430. The summed E-state index contributed by atoms with van der Waals surface area (Å²) >= 11 is 6.41. The molecule has 10 heavy (non-hydrogen) atoms. The van der Waals surface area contributed by atoms with Crippen LogP contribution >= 0.6 is 31.9 Å². The number of hydrogen-bond acceptors (Lipinski definition) is 1. The Morgan fingerprint density at radius 2 is 2.30 bits per heavy atom. The maximum Gasteiger partial charge on any atom is 0.234 e. The fraction of sp³-hybridized carbons (Fsp3) is 0.833. The van der Waals surface area contributed by atoms with Crippen LogP contribution < -0.4 is 5.32 Å². The van der Waals surface area contributed by atoms with E-state index in [-0.39, 0.29) is 10.7 Å². The zero-order chi connectivity index (χ0) is 7.98. The van der Waals surface area contributed by atoms with Crippen LogP contribution in [0.25, 0.3) is 0 Å². The molecule has 1 unspecified atom stereocenters. The number of amides is 1. The largest absolute Gasteiger partial charge is 0.355 e. The van der Waals surface area contributed by atoms with Crippen LogP contribution in [0.1, 0.15) is 13.3 Å². The van der Waals surface area contributed by atoms with Crippen LogP contribution in [0.4, 0.5) is 0 Å². The molecule has 0 rings (SSSR count). The number of halogens is 2. The molecule has 0 bridgehead atoms. The Morgan fingerprint density at radius 3 is 2.70 bits per heavy atom. The van der Waals surface area contributed by atoms with Crippen LogP contribution in [0.5, 0.6) is 0 Å². The molecule has 1 N–H and O–H groups in total. The van der Waals surface area contributed by atoms with Crippen LogP contribution in [0, 0.1) is 0 Å². The Balaban J connectivity index is 3.42. The minimum Gasteiger partial charge on any atom is -0.355 e. The van der Waals surface area contributed by atoms with E-state index < -0.39 is 0 Å². The summed E-state index contributed by atoms with van der Waals surface area (Å²) in [7, 11) is 0. The molecule has 0 heterocycles. The lowest BCUT2D eigenvalue weighted by Crippen LogP contribution is -2.32. The Morgan fingerprint density at radius 1 is 1.70 bits per heavy atom. The molecule has 1 atom stereocenters. The van der Waals surface area contributed by atoms with Crippen molar-refractivity contribution in [1.29, 1.82) is 0 Å². The molecule has 0 aliphatic carbocycles. The quantitative estimate of drug-likeness (QED) is 0.775. The van der Waals surface area contributed by atoms with Crippen LogP contribution in [0.3, 0.4) is 0 Å². The fourth-order valence-corrected chi connectivity index (χ4v) is 0.885. The lowest BCUT2D eigenvalue weighted by atomic mass is 10.4. The van der Waals surface area contributed by atoms with Gasteiger partial charge in [0.25, 0.3) is 0 Å². The zero-order valence-corrected chi connectivity index (χ0v) is 9.03. The number of alkyl halides is 2. The van der Waals surface area contributed by atoms with E-state index in [2.05, 4.69) is 37.2 Å². The first kappa shape index (κ1) is 10.4. The second-order valence-corrected chi connectivity index (χ2v) is 3.67. The molecule has 60 valence electrons. The molecule has 2 nitrogen and oxygen atoms in total. The van der Waals surface area contributed by atoms with Crippen LogP contribution in [-0.2, 0) is 4.79 Å². The minimum absolute atomic E-state index is 0.0544. The molecule has 0 fully saturated rings. The molecule has 0 saturated heterocycles. The van der Waals surface area contributed by atoms with Crippen molar-refractivity contribution < 1.29 is 4.79 Å². The van der Waals surface area contributed by atoms with Crippen molar-refractivity contribution in [3.05, 3.63) is 0 Å². The van der Waals surface area contributed by atoms with Gasteiger partial charge >= 0.3 is 0 Å². The molecule has 0 radical (unpaired) electrons. The summed E-state index contributed by atoms with van der Waals surface area (Å²) in [4.78, 5) is 10.8. The van der Waals surface area contributed by atoms with E-state index in [0.717, 1.165) is 13.0 Å². The van der Waals surface area contributed by atoms with E-state index in [4.69, 9.17) is 0 Å². The van der Waals surface area contributed by atoms with Gasteiger partial charge in [-0.2, -0.15) is 0 Å². The Kier molecular flexibility index (Phi) is 6.43. The lowest BCUT2D eigenvalue weighted by Gasteiger charge is -2.05. The fourth-order valence-electron chi connectivity index (χ4n) is 0.429. The van der Waals surface area contributed by atoms with Gasteiger partial charge < -0.3 is 5.32 Å². The third-order valence-electron chi connectivity index (χ3n) is 0.969. The van der Waals surface area contributed by atoms with Gasteiger partial charge in [0.15, 0.2) is 0 Å². The van der Waals surface area contributed by atoms with Crippen molar-refractivity contribution in [3.8, 4) is 0 Å². The average molecular weight is 273 g/mol. The number of rotatable bonds is 4. The highest BCUT2D eigenvalue weighted by molar-refractivity contribution is 9.12. The van der Waals surface area contributed by atoms with Crippen LogP contribution in [-0.4, -0.2) is 22.6 Å². The molecule has 0 saturated carbocycles. The SMILES string of the molecule is CCCNC(=O)C(Br)CBr. The molecular weight excluding hydrogens is 262 g/mol. The maximum absolute atomic E-state index is 10.9. The van der Waals surface area contributed by atoms with Gasteiger partial charge in [-0.3, -0.25) is 4.79 Å². The van der Waals surface area contributed by atoms with Crippen molar-refractivity contribution in [2.45, 2.75) is 18.2 Å². The molecule has 0 aliphatic rings. The number of carbonyl (C=O) groups is 1. The van der Waals surface area contributed by atoms with Crippen LogP contribution in [0.15, 0.2) is 0 Å². The van der Waals surface area contributed by atoms with Gasteiger partial charge in [0.2, 0.25) is 5.91 Å². The van der Waals surface area contributed by atoms with Gasteiger partial charge in [0, 0.05) is 11.9 Å². The van der Waals surface area contributed by atoms with E-state index in [0.29, 0.717) is 5.33 Å². The molecule has 0 aromatic rings. The van der Waals surface area contributed by atoms with Crippen LogP contribution in [0.2, 0.25) is 0 Å². The van der Waals surface area contributed by atoms with Gasteiger partial charge in [-0.25, -0.2) is 0 Å². The van der Waals surface area contributed by atoms with E-state index in [1.807, 2.05) is 6.92 Å². The van der Waals surface area contributed by atoms with Gasteiger partial charge in [-0.15, -0.1) is 0 Å². The maximum atomic E-state index is 10.9. The number of nitrogens with one attached hydrogen (secondary N) is 1. The summed E-state index contributed by atoms with van der Waals surface area (Å²) in [5.41, 5.74) is 0. The van der Waals surface area contributed by atoms with Crippen molar-refractivity contribution in [1.82, 2.24) is 5.32 Å². The molecule has 0 aromatic carbocycles. The first-order chi connectivity index (χ1) is 4.72. The summed E-state index contributed by atoms with van der Waals surface area (Å²) in [6.07, 6.45) is 0.980. The van der Waals surface area contributed by atoms with Crippen molar-refractivity contribution >= 4 is 37.8 Å². The standard InChI is InChI=1S/C6H11Br2NO/c1-2-3-9-6(10)5(8)4-7/h5H,2-4H2,1H3,(H,9,10). The Labute approximate surface area is 78.0 Å².